The van der Waals surface area contributed by atoms with Crippen LogP contribution >= 0.6 is 23.5 Å². The molecule has 2 aromatic rings. The third kappa shape index (κ3) is 5.07. The van der Waals surface area contributed by atoms with E-state index >= 15 is 0 Å². The molecule has 0 spiro atoms. The van der Waals surface area contributed by atoms with Gasteiger partial charge in [0.05, 0.1) is 10.6 Å². The van der Waals surface area contributed by atoms with E-state index in [0.717, 1.165) is 10.5 Å². The summed E-state index contributed by atoms with van der Waals surface area (Å²) < 4.78 is 27.9. The van der Waals surface area contributed by atoms with Crippen molar-refractivity contribution in [2.24, 2.45) is 5.92 Å². The summed E-state index contributed by atoms with van der Waals surface area (Å²) in [5, 5.41) is 2.82. The van der Waals surface area contributed by atoms with Crippen molar-refractivity contribution in [2.45, 2.75) is 28.0 Å². The van der Waals surface area contributed by atoms with Gasteiger partial charge in [-0.15, -0.1) is 23.5 Å². The molecule has 2 N–H and O–H groups in total. The van der Waals surface area contributed by atoms with Crippen LogP contribution in [0.4, 0.5) is 5.69 Å². The number of amides is 1. The Morgan fingerprint density at radius 3 is 2.67 bits per heavy atom. The topological polar surface area (TPSA) is 75.3 Å². The summed E-state index contributed by atoms with van der Waals surface area (Å²) in [5.41, 5.74) is 1.64. The van der Waals surface area contributed by atoms with Crippen LogP contribution in [0, 0.1) is 5.92 Å². The van der Waals surface area contributed by atoms with E-state index in [0.29, 0.717) is 24.4 Å². The Bertz CT molecular complexity index is 928. The standard InChI is InChI=1S/C19H22N2O3S3/c1-13-12-26-18-8-7-16(11-17(18)21-19(13)22)27(23,24)20-10-9-14-3-5-15(25-2)6-4-14/h3-8,11,13,20H,9-10,12H2,1-2H3,(H,21,22)/t13-/m1/s1. The maximum Gasteiger partial charge on any atom is 0.240 e. The van der Waals surface area contributed by atoms with Gasteiger partial charge in [0.15, 0.2) is 0 Å². The second-order valence-electron chi connectivity index (χ2n) is 6.36. The van der Waals surface area contributed by atoms with Crippen molar-refractivity contribution < 1.29 is 13.2 Å². The maximum atomic E-state index is 12.6. The van der Waals surface area contributed by atoms with Crippen LogP contribution in [0.3, 0.4) is 0 Å². The summed E-state index contributed by atoms with van der Waals surface area (Å²) in [4.78, 5) is 14.3. The van der Waals surface area contributed by atoms with Crippen molar-refractivity contribution in [1.82, 2.24) is 4.72 Å². The number of nitrogens with one attached hydrogen (secondary N) is 2. The van der Waals surface area contributed by atoms with Crippen LogP contribution in [-0.4, -0.2) is 32.9 Å². The summed E-state index contributed by atoms with van der Waals surface area (Å²) in [6.45, 7) is 2.18. The third-order valence-corrected chi connectivity index (χ3v) is 7.86. The van der Waals surface area contributed by atoms with Gasteiger partial charge in [-0.3, -0.25) is 4.79 Å². The van der Waals surface area contributed by atoms with E-state index < -0.39 is 10.0 Å². The second kappa shape index (κ2) is 8.68. The lowest BCUT2D eigenvalue weighted by Crippen LogP contribution is -2.26. The maximum absolute atomic E-state index is 12.6. The number of carbonyl (C=O) groups excluding carboxylic acids is 1. The molecule has 0 radical (unpaired) electrons. The van der Waals surface area contributed by atoms with Crippen molar-refractivity contribution in [3.05, 3.63) is 48.0 Å². The highest BCUT2D eigenvalue weighted by Crippen LogP contribution is 2.34. The first-order chi connectivity index (χ1) is 12.9. The molecule has 8 heteroatoms. The highest BCUT2D eigenvalue weighted by Gasteiger charge is 2.22. The molecule has 0 saturated heterocycles. The Balaban J connectivity index is 1.67. The molecule has 1 aliphatic rings. The Morgan fingerprint density at radius 2 is 1.96 bits per heavy atom. The average Bonchev–Trinajstić information content (AvgIpc) is 2.80. The molecule has 1 atom stereocenters. The highest BCUT2D eigenvalue weighted by molar-refractivity contribution is 7.99. The van der Waals surface area contributed by atoms with E-state index in [1.165, 1.54) is 11.0 Å². The quantitative estimate of drug-likeness (QED) is 0.696. The van der Waals surface area contributed by atoms with Crippen molar-refractivity contribution in [1.29, 1.82) is 0 Å². The molecule has 27 heavy (non-hydrogen) atoms. The molecule has 0 aliphatic carbocycles. The SMILES string of the molecule is CSc1ccc(CCNS(=O)(=O)c2ccc3c(c2)NC(=O)[C@H](C)CS3)cc1. The minimum Gasteiger partial charge on any atom is -0.325 e. The van der Waals surface area contributed by atoms with Crippen molar-refractivity contribution >= 4 is 45.1 Å². The van der Waals surface area contributed by atoms with E-state index in [9.17, 15) is 13.2 Å². The molecular weight excluding hydrogens is 400 g/mol. The van der Waals surface area contributed by atoms with E-state index in [1.54, 1.807) is 35.7 Å². The van der Waals surface area contributed by atoms with Gasteiger partial charge in [-0.2, -0.15) is 0 Å². The number of hydrogen-bond acceptors (Lipinski definition) is 5. The highest BCUT2D eigenvalue weighted by atomic mass is 32.2. The van der Waals surface area contributed by atoms with Gasteiger partial charge in [0.2, 0.25) is 15.9 Å². The van der Waals surface area contributed by atoms with Crippen molar-refractivity contribution in [2.75, 3.05) is 23.9 Å². The molecule has 0 saturated carbocycles. The fourth-order valence-corrected chi connectivity index (χ4v) is 5.13. The van der Waals surface area contributed by atoms with E-state index in [-0.39, 0.29) is 16.7 Å². The summed E-state index contributed by atoms with van der Waals surface area (Å²) in [5.74, 6) is 0.480. The fourth-order valence-electron chi connectivity index (χ4n) is 2.65. The second-order valence-corrected chi connectivity index (χ2v) is 10.1. The molecule has 3 rings (SSSR count). The molecule has 5 nitrogen and oxygen atoms in total. The Hall–Kier alpha value is -1.48. The molecule has 2 aromatic carbocycles. The predicted octanol–water partition coefficient (Wildman–Crippen LogP) is 3.61. The van der Waals surface area contributed by atoms with E-state index in [2.05, 4.69) is 10.0 Å². The van der Waals surface area contributed by atoms with Gasteiger partial charge in [0.25, 0.3) is 0 Å². The summed E-state index contributed by atoms with van der Waals surface area (Å²) in [6.07, 6.45) is 2.63. The fraction of sp³-hybridized carbons (Fsp3) is 0.316. The van der Waals surface area contributed by atoms with Crippen LogP contribution in [0.2, 0.25) is 0 Å². The Labute approximate surface area is 168 Å². The number of sulfonamides is 1. The van der Waals surface area contributed by atoms with Crippen LogP contribution in [-0.2, 0) is 21.2 Å². The smallest absolute Gasteiger partial charge is 0.240 e. The number of benzene rings is 2. The van der Waals surface area contributed by atoms with Crippen LogP contribution < -0.4 is 10.0 Å². The molecule has 1 amide bonds. The number of thioether (sulfide) groups is 2. The van der Waals surface area contributed by atoms with Gasteiger partial charge < -0.3 is 5.32 Å². The number of hydrogen-bond donors (Lipinski definition) is 2. The third-order valence-electron chi connectivity index (χ3n) is 4.32. The van der Waals surface area contributed by atoms with Gasteiger partial charge in [-0.05, 0) is 48.6 Å². The zero-order valence-electron chi connectivity index (χ0n) is 15.2. The molecule has 0 fully saturated rings. The number of carbonyl (C=O) groups is 1. The Kier molecular flexibility index (Phi) is 6.52. The molecule has 1 aliphatic heterocycles. The van der Waals surface area contributed by atoms with Crippen LogP contribution in [0.5, 0.6) is 0 Å². The summed E-state index contributed by atoms with van der Waals surface area (Å²) in [7, 11) is -3.63. The van der Waals surface area contributed by atoms with Gasteiger partial charge in [-0.25, -0.2) is 13.1 Å². The van der Waals surface area contributed by atoms with Crippen LogP contribution in [0.15, 0.2) is 57.2 Å². The van der Waals surface area contributed by atoms with Gasteiger partial charge in [0, 0.05) is 28.0 Å². The largest absolute Gasteiger partial charge is 0.325 e. The van der Waals surface area contributed by atoms with Crippen molar-refractivity contribution in [3.8, 4) is 0 Å². The number of fused-ring (bicyclic) bond motifs is 1. The monoisotopic (exact) mass is 422 g/mol. The van der Waals surface area contributed by atoms with Gasteiger partial charge in [0.1, 0.15) is 0 Å². The van der Waals surface area contributed by atoms with Crippen molar-refractivity contribution in [3.63, 3.8) is 0 Å². The minimum absolute atomic E-state index is 0.0857. The van der Waals surface area contributed by atoms with E-state index in [1.807, 2.05) is 37.4 Å². The lowest BCUT2D eigenvalue weighted by molar-refractivity contribution is -0.118. The number of anilines is 1. The number of rotatable bonds is 6. The first-order valence-corrected chi connectivity index (χ1v) is 12.3. The lowest BCUT2D eigenvalue weighted by Gasteiger charge is -2.11. The summed E-state index contributed by atoms with van der Waals surface area (Å²) in [6, 6.07) is 13.0. The normalized spacial score (nSPS) is 17.1. The first-order valence-electron chi connectivity index (χ1n) is 8.59. The molecular formula is C19H22N2O3S3. The lowest BCUT2D eigenvalue weighted by atomic mass is 10.2. The molecule has 144 valence electrons. The molecule has 0 aromatic heterocycles. The van der Waals surface area contributed by atoms with Crippen LogP contribution in [0.1, 0.15) is 12.5 Å². The Morgan fingerprint density at radius 1 is 1.22 bits per heavy atom. The predicted molar refractivity (Wildman–Crippen MR) is 112 cm³/mol. The first kappa shape index (κ1) is 20.3. The summed E-state index contributed by atoms with van der Waals surface area (Å²) >= 11 is 3.23. The molecule has 1 heterocycles. The molecule has 0 unspecified atom stereocenters. The zero-order chi connectivity index (χ0) is 19.4. The van der Waals surface area contributed by atoms with Gasteiger partial charge >= 0.3 is 0 Å². The van der Waals surface area contributed by atoms with Crippen LogP contribution in [0.25, 0.3) is 0 Å². The minimum atomic E-state index is -3.63. The average molecular weight is 423 g/mol. The molecule has 0 bridgehead atoms. The van der Waals surface area contributed by atoms with E-state index in [4.69, 9.17) is 0 Å². The zero-order valence-corrected chi connectivity index (χ0v) is 17.6. The van der Waals surface area contributed by atoms with Gasteiger partial charge in [-0.1, -0.05) is 19.1 Å².